The molecule has 0 spiro atoms. The number of hydrogen-bond acceptors (Lipinski definition) is 5. The van der Waals surface area contributed by atoms with E-state index < -0.39 is 16.4 Å². The minimum Gasteiger partial charge on any atom is -0.494 e. The van der Waals surface area contributed by atoms with Crippen LogP contribution >= 0.6 is 0 Å². The second kappa shape index (κ2) is 6.56. The van der Waals surface area contributed by atoms with Crippen molar-refractivity contribution in [2.75, 3.05) is 6.61 Å². The molecule has 21 heavy (non-hydrogen) atoms. The first-order chi connectivity index (χ1) is 10.1. The van der Waals surface area contributed by atoms with Crippen LogP contribution < -0.4 is 4.74 Å². The zero-order valence-electron chi connectivity index (χ0n) is 11.2. The molecule has 0 saturated carbocycles. The van der Waals surface area contributed by atoms with Crippen LogP contribution in [-0.4, -0.2) is 11.5 Å². The first-order valence-electron chi connectivity index (χ1n) is 6.18. The van der Waals surface area contributed by atoms with Crippen molar-refractivity contribution in [1.82, 2.24) is 0 Å². The van der Waals surface area contributed by atoms with Gasteiger partial charge in [-0.1, -0.05) is 0 Å². The summed E-state index contributed by atoms with van der Waals surface area (Å²) in [5.74, 6) is -0.221. The Morgan fingerprint density at radius 3 is 2.33 bits per heavy atom. The second-order valence-corrected chi connectivity index (χ2v) is 4.02. The molecule has 0 unspecified atom stereocenters. The fourth-order valence-corrected chi connectivity index (χ4v) is 1.60. The van der Waals surface area contributed by atoms with Gasteiger partial charge in [-0.05, 0) is 37.3 Å². The third-order valence-corrected chi connectivity index (χ3v) is 2.56. The summed E-state index contributed by atoms with van der Waals surface area (Å²) in [6, 6.07) is 10.3. The van der Waals surface area contributed by atoms with Crippen molar-refractivity contribution in [2.45, 2.75) is 6.92 Å². The average molecular weight is 289 g/mol. The van der Waals surface area contributed by atoms with E-state index in [4.69, 9.17) is 4.74 Å². The Balaban J connectivity index is 2.13. The maximum atomic E-state index is 13.4. The van der Waals surface area contributed by atoms with Gasteiger partial charge >= 0.3 is 5.69 Å². The van der Waals surface area contributed by atoms with Crippen LogP contribution in [0.15, 0.2) is 52.7 Å². The molecule has 0 radical (unpaired) electrons. The molecule has 0 amide bonds. The summed E-state index contributed by atoms with van der Waals surface area (Å²) in [5, 5.41) is 18.3. The molecule has 0 aliphatic rings. The lowest BCUT2D eigenvalue weighted by molar-refractivity contribution is -0.387. The molecule has 0 aliphatic heterocycles. The topological polar surface area (TPSA) is 77.1 Å². The Kier molecular flexibility index (Phi) is 4.55. The van der Waals surface area contributed by atoms with Gasteiger partial charge in [-0.15, -0.1) is 0 Å². The monoisotopic (exact) mass is 289 g/mol. The summed E-state index contributed by atoms with van der Waals surface area (Å²) in [7, 11) is 0. The van der Waals surface area contributed by atoms with Crippen molar-refractivity contribution in [1.29, 1.82) is 0 Å². The number of halogens is 1. The maximum Gasteiger partial charge on any atom is 0.304 e. The first kappa shape index (κ1) is 14.6. The lowest BCUT2D eigenvalue weighted by Gasteiger charge is -2.01. The van der Waals surface area contributed by atoms with Gasteiger partial charge in [-0.2, -0.15) is 14.6 Å². The van der Waals surface area contributed by atoms with Gasteiger partial charge in [0.15, 0.2) is 0 Å². The number of benzene rings is 2. The van der Waals surface area contributed by atoms with E-state index in [1.54, 1.807) is 24.3 Å². The summed E-state index contributed by atoms with van der Waals surface area (Å²) in [6.45, 7) is 2.46. The summed E-state index contributed by atoms with van der Waals surface area (Å²) in [5.41, 5.74) is 0.180. The van der Waals surface area contributed by atoms with Crippen LogP contribution in [0, 0.1) is 15.9 Å². The molecular weight excluding hydrogens is 277 g/mol. The molecule has 0 fully saturated rings. The number of ether oxygens (including phenoxy) is 1. The smallest absolute Gasteiger partial charge is 0.304 e. The predicted molar refractivity (Wildman–Crippen MR) is 74.8 cm³/mol. The van der Waals surface area contributed by atoms with Gasteiger partial charge in [0.2, 0.25) is 5.82 Å². The molecule has 2 aromatic rings. The minimum absolute atomic E-state index is 0.201. The van der Waals surface area contributed by atoms with E-state index >= 15 is 0 Å². The Hall–Kier alpha value is -2.83. The van der Waals surface area contributed by atoms with Gasteiger partial charge in [-0.25, -0.2) is 0 Å². The summed E-state index contributed by atoms with van der Waals surface area (Å²) in [6.07, 6.45) is 0. The van der Waals surface area contributed by atoms with Gasteiger partial charge in [0.25, 0.3) is 0 Å². The molecular formula is C14H12FN3O3. The van der Waals surface area contributed by atoms with Gasteiger partial charge in [0, 0.05) is 12.1 Å². The highest BCUT2D eigenvalue weighted by molar-refractivity contribution is 5.46. The minimum atomic E-state index is -0.942. The summed E-state index contributed by atoms with van der Waals surface area (Å²) < 4.78 is 18.7. The second-order valence-electron chi connectivity index (χ2n) is 4.02. The molecule has 7 heteroatoms. The molecule has 0 aliphatic carbocycles. The molecule has 0 N–H and O–H groups in total. The third-order valence-electron chi connectivity index (χ3n) is 2.56. The van der Waals surface area contributed by atoms with Crippen LogP contribution in [-0.2, 0) is 0 Å². The summed E-state index contributed by atoms with van der Waals surface area (Å²) in [4.78, 5) is 9.71. The van der Waals surface area contributed by atoms with Crippen LogP contribution in [0.5, 0.6) is 5.75 Å². The van der Waals surface area contributed by atoms with Crippen LogP contribution in [0.3, 0.4) is 0 Å². The van der Waals surface area contributed by atoms with E-state index in [2.05, 4.69) is 10.2 Å². The molecule has 6 nitrogen and oxygen atoms in total. The van der Waals surface area contributed by atoms with E-state index in [0.29, 0.717) is 12.3 Å². The normalized spacial score (nSPS) is 10.8. The number of nitrogens with zero attached hydrogens (tertiary/aromatic N) is 3. The highest BCUT2D eigenvalue weighted by atomic mass is 19.1. The number of hydrogen-bond donors (Lipinski definition) is 0. The molecule has 0 heterocycles. The Labute approximate surface area is 120 Å². The van der Waals surface area contributed by atoms with Crippen molar-refractivity contribution in [3.05, 3.63) is 58.4 Å². The van der Waals surface area contributed by atoms with Crippen molar-refractivity contribution in [3.63, 3.8) is 0 Å². The van der Waals surface area contributed by atoms with E-state index in [1.807, 2.05) is 6.92 Å². The zero-order chi connectivity index (χ0) is 15.2. The lowest BCUT2D eigenvalue weighted by Crippen LogP contribution is -1.91. The Morgan fingerprint density at radius 2 is 1.76 bits per heavy atom. The standard InChI is InChI=1S/C14H12FN3O3/c1-2-21-12-6-3-10(4-7-12)16-17-11-5-8-14(18(19)20)13(15)9-11/h3-9H,2H2,1H3. The quantitative estimate of drug-likeness (QED) is 0.460. The molecule has 108 valence electrons. The summed E-state index contributed by atoms with van der Waals surface area (Å²) >= 11 is 0. The van der Waals surface area contributed by atoms with Crippen molar-refractivity contribution < 1.29 is 14.1 Å². The van der Waals surface area contributed by atoms with Crippen molar-refractivity contribution in [3.8, 4) is 5.75 Å². The van der Waals surface area contributed by atoms with E-state index in [-0.39, 0.29) is 5.69 Å². The van der Waals surface area contributed by atoms with Gasteiger partial charge in [0.05, 0.1) is 22.9 Å². The Morgan fingerprint density at radius 1 is 1.14 bits per heavy atom. The highest BCUT2D eigenvalue weighted by Crippen LogP contribution is 2.25. The van der Waals surface area contributed by atoms with E-state index in [0.717, 1.165) is 17.9 Å². The van der Waals surface area contributed by atoms with Crippen molar-refractivity contribution in [2.24, 2.45) is 10.2 Å². The zero-order valence-corrected chi connectivity index (χ0v) is 11.2. The van der Waals surface area contributed by atoms with Crippen LogP contribution in [0.2, 0.25) is 0 Å². The largest absolute Gasteiger partial charge is 0.494 e. The van der Waals surface area contributed by atoms with Gasteiger partial charge < -0.3 is 4.74 Å². The maximum absolute atomic E-state index is 13.4. The molecule has 2 rings (SSSR count). The first-order valence-corrected chi connectivity index (χ1v) is 6.18. The molecule has 0 saturated heterocycles. The molecule has 2 aromatic carbocycles. The average Bonchev–Trinajstić information content (AvgIpc) is 2.46. The molecule has 0 aromatic heterocycles. The SMILES string of the molecule is CCOc1ccc(N=Nc2ccc([N+](=O)[O-])c(F)c2)cc1. The fourth-order valence-electron chi connectivity index (χ4n) is 1.60. The third kappa shape index (κ3) is 3.82. The Bertz CT molecular complexity index is 672. The number of rotatable bonds is 5. The van der Waals surface area contributed by atoms with E-state index in [9.17, 15) is 14.5 Å². The van der Waals surface area contributed by atoms with E-state index in [1.165, 1.54) is 6.07 Å². The van der Waals surface area contributed by atoms with Gasteiger partial charge in [-0.3, -0.25) is 10.1 Å². The van der Waals surface area contributed by atoms with Crippen LogP contribution in [0.1, 0.15) is 6.92 Å². The lowest BCUT2D eigenvalue weighted by atomic mass is 10.3. The number of nitro benzene ring substituents is 1. The molecule has 0 atom stereocenters. The number of azo groups is 1. The van der Waals surface area contributed by atoms with Crippen LogP contribution in [0.25, 0.3) is 0 Å². The molecule has 0 bridgehead atoms. The number of nitro groups is 1. The highest BCUT2D eigenvalue weighted by Gasteiger charge is 2.13. The van der Waals surface area contributed by atoms with Gasteiger partial charge in [0.1, 0.15) is 5.75 Å². The fraction of sp³-hybridized carbons (Fsp3) is 0.143. The van der Waals surface area contributed by atoms with Crippen LogP contribution in [0.4, 0.5) is 21.5 Å². The van der Waals surface area contributed by atoms with Crippen molar-refractivity contribution >= 4 is 17.1 Å². The predicted octanol–water partition coefficient (Wildman–Crippen LogP) is 4.55.